The Bertz CT molecular complexity index is 434. The summed E-state index contributed by atoms with van der Waals surface area (Å²) in [6.07, 6.45) is 1.83. The molecule has 2 nitrogen and oxygen atoms in total. The van der Waals surface area contributed by atoms with Crippen LogP contribution in [0.15, 0.2) is 48.7 Å². The average molecular weight is 212 g/mol. The topological polar surface area (TPSA) is 24.9 Å². The van der Waals surface area contributed by atoms with E-state index in [1.807, 2.05) is 31.4 Å². The monoisotopic (exact) mass is 212 g/mol. The van der Waals surface area contributed by atoms with E-state index >= 15 is 0 Å². The molecule has 0 aliphatic rings. The van der Waals surface area contributed by atoms with Gasteiger partial charge in [0.15, 0.2) is 0 Å². The zero-order chi connectivity index (χ0) is 11.4. The molecule has 0 fully saturated rings. The van der Waals surface area contributed by atoms with Crippen LogP contribution in [-0.4, -0.2) is 12.0 Å². The molecule has 0 spiro atoms. The number of hydrogen-bond donors (Lipinski definition) is 1. The van der Waals surface area contributed by atoms with E-state index in [-0.39, 0.29) is 6.04 Å². The van der Waals surface area contributed by atoms with Gasteiger partial charge in [0.05, 0.1) is 11.7 Å². The molecule has 0 aliphatic carbocycles. The van der Waals surface area contributed by atoms with Gasteiger partial charge in [0.1, 0.15) is 0 Å². The third kappa shape index (κ3) is 2.28. The number of rotatable bonds is 3. The lowest BCUT2D eigenvalue weighted by molar-refractivity contribution is 0.671. The Hall–Kier alpha value is -1.67. The van der Waals surface area contributed by atoms with E-state index < -0.39 is 0 Å². The standard InChI is InChI=1S/C14H16N2/c1-11-6-8-12(9-7-11)14(15-2)13-5-3-4-10-16-13/h3-10,14-15H,1-2H3. The van der Waals surface area contributed by atoms with E-state index in [0.29, 0.717) is 0 Å². The first-order valence-electron chi connectivity index (χ1n) is 5.46. The third-order valence-corrected chi connectivity index (χ3v) is 2.68. The molecule has 1 N–H and O–H groups in total. The van der Waals surface area contributed by atoms with E-state index in [4.69, 9.17) is 0 Å². The van der Waals surface area contributed by atoms with Crippen LogP contribution in [0.25, 0.3) is 0 Å². The molecule has 1 aromatic carbocycles. The Morgan fingerprint density at radius 1 is 1.06 bits per heavy atom. The molecular formula is C14H16N2. The predicted molar refractivity (Wildman–Crippen MR) is 66.3 cm³/mol. The molecule has 2 aromatic rings. The van der Waals surface area contributed by atoms with Gasteiger partial charge in [-0.2, -0.15) is 0 Å². The minimum atomic E-state index is 0.168. The highest BCUT2D eigenvalue weighted by atomic mass is 14.9. The first kappa shape index (κ1) is 10.8. The second-order valence-electron chi connectivity index (χ2n) is 3.89. The van der Waals surface area contributed by atoms with Crippen molar-refractivity contribution in [3.05, 3.63) is 65.5 Å². The summed E-state index contributed by atoms with van der Waals surface area (Å²) in [5, 5.41) is 3.29. The summed E-state index contributed by atoms with van der Waals surface area (Å²) < 4.78 is 0. The lowest BCUT2D eigenvalue weighted by atomic mass is 10.0. The Balaban J connectivity index is 2.33. The van der Waals surface area contributed by atoms with Gasteiger partial charge in [0, 0.05) is 6.20 Å². The van der Waals surface area contributed by atoms with Gasteiger partial charge in [-0.05, 0) is 31.7 Å². The van der Waals surface area contributed by atoms with Crippen LogP contribution < -0.4 is 5.32 Å². The zero-order valence-electron chi connectivity index (χ0n) is 9.64. The second kappa shape index (κ2) is 4.90. The minimum absolute atomic E-state index is 0.168. The van der Waals surface area contributed by atoms with Crippen LogP contribution in [0.5, 0.6) is 0 Å². The normalized spacial score (nSPS) is 12.4. The van der Waals surface area contributed by atoms with Crippen LogP contribution in [0.3, 0.4) is 0 Å². The summed E-state index contributed by atoms with van der Waals surface area (Å²) in [5.74, 6) is 0. The molecule has 1 heterocycles. The fraction of sp³-hybridized carbons (Fsp3) is 0.214. The SMILES string of the molecule is CNC(c1ccc(C)cc1)c1ccccn1. The van der Waals surface area contributed by atoms with Crippen molar-refractivity contribution < 1.29 is 0 Å². The van der Waals surface area contributed by atoms with Crippen LogP contribution in [0.2, 0.25) is 0 Å². The molecule has 0 aliphatic heterocycles. The lowest BCUT2D eigenvalue weighted by Crippen LogP contribution is -2.18. The number of pyridine rings is 1. The third-order valence-electron chi connectivity index (χ3n) is 2.68. The largest absolute Gasteiger partial charge is 0.308 e. The van der Waals surface area contributed by atoms with E-state index in [2.05, 4.69) is 41.5 Å². The van der Waals surface area contributed by atoms with E-state index in [1.165, 1.54) is 11.1 Å². The van der Waals surface area contributed by atoms with Crippen LogP contribution in [0, 0.1) is 6.92 Å². The van der Waals surface area contributed by atoms with Gasteiger partial charge in [0.25, 0.3) is 0 Å². The van der Waals surface area contributed by atoms with Gasteiger partial charge in [-0.3, -0.25) is 4.98 Å². The van der Waals surface area contributed by atoms with Gasteiger partial charge in [-0.25, -0.2) is 0 Å². The van der Waals surface area contributed by atoms with Gasteiger partial charge in [0.2, 0.25) is 0 Å². The first-order valence-corrected chi connectivity index (χ1v) is 5.46. The van der Waals surface area contributed by atoms with Gasteiger partial charge >= 0.3 is 0 Å². The number of benzene rings is 1. The Kier molecular flexibility index (Phi) is 3.32. The maximum Gasteiger partial charge on any atom is 0.0748 e. The van der Waals surface area contributed by atoms with Crippen LogP contribution in [0.4, 0.5) is 0 Å². The van der Waals surface area contributed by atoms with Crippen LogP contribution in [-0.2, 0) is 0 Å². The molecule has 1 atom stereocenters. The highest BCUT2D eigenvalue weighted by Gasteiger charge is 2.11. The quantitative estimate of drug-likeness (QED) is 0.846. The Morgan fingerprint density at radius 3 is 2.38 bits per heavy atom. The predicted octanol–water partition coefficient (Wildman–Crippen LogP) is 2.70. The van der Waals surface area contributed by atoms with E-state index in [0.717, 1.165) is 5.69 Å². The van der Waals surface area contributed by atoms with E-state index in [1.54, 1.807) is 0 Å². The number of aryl methyl sites for hydroxylation is 1. The van der Waals surface area contributed by atoms with Gasteiger partial charge in [-0.15, -0.1) is 0 Å². The molecule has 0 amide bonds. The fourth-order valence-electron chi connectivity index (χ4n) is 1.79. The molecule has 0 radical (unpaired) electrons. The summed E-state index contributed by atoms with van der Waals surface area (Å²) in [7, 11) is 1.96. The molecular weight excluding hydrogens is 196 g/mol. The summed E-state index contributed by atoms with van der Waals surface area (Å²) in [5.41, 5.74) is 3.57. The van der Waals surface area contributed by atoms with Crippen molar-refractivity contribution in [1.82, 2.24) is 10.3 Å². The van der Waals surface area contributed by atoms with Crippen LogP contribution >= 0.6 is 0 Å². The molecule has 2 heteroatoms. The van der Waals surface area contributed by atoms with Crippen LogP contribution in [0.1, 0.15) is 22.9 Å². The van der Waals surface area contributed by atoms with Crippen molar-refractivity contribution in [3.63, 3.8) is 0 Å². The van der Waals surface area contributed by atoms with Crippen molar-refractivity contribution in [2.45, 2.75) is 13.0 Å². The second-order valence-corrected chi connectivity index (χ2v) is 3.89. The molecule has 1 aromatic heterocycles. The van der Waals surface area contributed by atoms with Crippen molar-refractivity contribution in [3.8, 4) is 0 Å². The maximum atomic E-state index is 4.39. The molecule has 0 saturated heterocycles. The van der Waals surface area contributed by atoms with Crippen molar-refractivity contribution in [2.24, 2.45) is 0 Å². The number of hydrogen-bond acceptors (Lipinski definition) is 2. The first-order chi connectivity index (χ1) is 7.81. The Morgan fingerprint density at radius 2 is 1.81 bits per heavy atom. The molecule has 16 heavy (non-hydrogen) atoms. The van der Waals surface area contributed by atoms with Gasteiger partial charge in [-0.1, -0.05) is 35.9 Å². The lowest BCUT2D eigenvalue weighted by Gasteiger charge is -2.16. The highest BCUT2D eigenvalue weighted by molar-refractivity contribution is 5.29. The maximum absolute atomic E-state index is 4.39. The minimum Gasteiger partial charge on any atom is -0.308 e. The fourth-order valence-corrected chi connectivity index (χ4v) is 1.79. The number of nitrogens with zero attached hydrogens (tertiary/aromatic N) is 1. The van der Waals surface area contributed by atoms with Crippen molar-refractivity contribution in [2.75, 3.05) is 7.05 Å². The molecule has 0 saturated carbocycles. The zero-order valence-corrected chi connectivity index (χ0v) is 9.64. The molecule has 2 rings (SSSR count). The summed E-state index contributed by atoms with van der Waals surface area (Å²) in [4.78, 5) is 4.39. The smallest absolute Gasteiger partial charge is 0.0748 e. The molecule has 82 valence electrons. The molecule has 0 bridgehead atoms. The van der Waals surface area contributed by atoms with Gasteiger partial charge < -0.3 is 5.32 Å². The van der Waals surface area contributed by atoms with Crippen molar-refractivity contribution >= 4 is 0 Å². The average Bonchev–Trinajstić information content (AvgIpc) is 2.34. The number of aromatic nitrogens is 1. The number of nitrogens with one attached hydrogen (secondary N) is 1. The van der Waals surface area contributed by atoms with E-state index in [9.17, 15) is 0 Å². The summed E-state index contributed by atoms with van der Waals surface area (Å²) in [6, 6.07) is 14.7. The Labute approximate surface area is 96.4 Å². The highest BCUT2D eigenvalue weighted by Crippen LogP contribution is 2.19. The summed E-state index contributed by atoms with van der Waals surface area (Å²) in [6.45, 7) is 2.10. The molecule has 1 unspecified atom stereocenters. The van der Waals surface area contributed by atoms with Crippen molar-refractivity contribution in [1.29, 1.82) is 0 Å². The summed E-state index contributed by atoms with van der Waals surface area (Å²) >= 11 is 0.